The van der Waals surface area contributed by atoms with Crippen molar-refractivity contribution in [1.29, 1.82) is 0 Å². The van der Waals surface area contributed by atoms with E-state index in [1.165, 1.54) is 0 Å². The molecule has 0 aromatic heterocycles. The first-order chi connectivity index (χ1) is 6.15. The monoisotopic (exact) mass is 198 g/mol. The van der Waals surface area contributed by atoms with Crippen molar-refractivity contribution in [1.82, 2.24) is 0 Å². The average molecular weight is 198 g/mol. The van der Waals surface area contributed by atoms with Crippen LogP contribution in [0.4, 0.5) is 0 Å². The Morgan fingerprint density at radius 3 is 2.31 bits per heavy atom. The highest BCUT2D eigenvalue weighted by Gasteiger charge is 2.03. The molecule has 1 N–H and O–H groups in total. The molecule has 70 valence electrons. The van der Waals surface area contributed by atoms with Gasteiger partial charge in [0.25, 0.3) is 0 Å². The maximum absolute atomic E-state index is 11.0. The van der Waals surface area contributed by atoms with Gasteiger partial charge in [0, 0.05) is 27.5 Å². The smallest absolute Gasteiger partial charge is 0.188 e. The Morgan fingerprint density at radius 2 is 1.92 bits per heavy atom. The second-order valence-electron chi connectivity index (χ2n) is 2.56. The van der Waals surface area contributed by atoms with Gasteiger partial charge in [0.1, 0.15) is 6.61 Å². The van der Waals surface area contributed by atoms with Gasteiger partial charge in [-0.25, -0.2) is 0 Å². The molecule has 0 saturated carbocycles. The van der Waals surface area contributed by atoms with Crippen LogP contribution in [0.2, 0.25) is 0 Å². The number of hydrogen-bond donors (Lipinski definition) is 1. The van der Waals surface area contributed by atoms with Gasteiger partial charge in [0.2, 0.25) is 0 Å². The SMILES string of the molecule is CS(=O)c1ccc(C(=O)CO)cc1. The minimum atomic E-state index is -1.03. The van der Waals surface area contributed by atoms with Crippen LogP contribution in [0.1, 0.15) is 10.4 Å². The maximum atomic E-state index is 11.0. The number of benzene rings is 1. The van der Waals surface area contributed by atoms with E-state index in [1.54, 1.807) is 30.5 Å². The fraction of sp³-hybridized carbons (Fsp3) is 0.222. The van der Waals surface area contributed by atoms with E-state index in [4.69, 9.17) is 5.11 Å². The van der Waals surface area contributed by atoms with Crippen LogP contribution in [0.5, 0.6) is 0 Å². The van der Waals surface area contributed by atoms with Gasteiger partial charge in [-0.1, -0.05) is 12.1 Å². The minimum Gasteiger partial charge on any atom is -0.388 e. The molecule has 13 heavy (non-hydrogen) atoms. The summed E-state index contributed by atoms with van der Waals surface area (Å²) in [4.78, 5) is 11.6. The maximum Gasteiger partial charge on any atom is 0.188 e. The zero-order valence-corrected chi connectivity index (χ0v) is 8.00. The summed E-state index contributed by atoms with van der Waals surface area (Å²) in [6, 6.07) is 6.38. The molecule has 0 radical (unpaired) electrons. The summed E-state index contributed by atoms with van der Waals surface area (Å²) in [7, 11) is -1.03. The van der Waals surface area contributed by atoms with E-state index < -0.39 is 17.4 Å². The van der Waals surface area contributed by atoms with E-state index in [0.29, 0.717) is 10.5 Å². The molecule has 1 aromatic carbocycles. The molecular formula is C9H10O3S. The summed E-state index contributed by atoms with van der Waals surface area (Å²) >= 11 is 0. The number of rotatable bonds is 3. The topological polar surface area (TPSA) is 54.4 Å². The average Bonchev–Trinajstić information content (AvgIpc) is 2.17. The molecule has 4 heteroatoms. The van der Waals surface area contributed by atoms with Crippen molar-refractivity contribution >= 4 is 16.6 Å². The molecule has 3 nitrogen and oxygen atoms in total. The summed E-state index contributed by atoms with van der Waals surface area (Å²) in [5, 5.41) is 8.56. The van der Waals surface area contributed by atoms with Gasteiger partial charge >= 0.3 is 0 Å². The molecule has 1 aromatic rings. The first kappa shape index (κ1) is 10.1. The molecule has 0 bridgehead atoms. The van der Waals surface area contributed by atoms with Crippen molar-refractivity contribution in [2.24, 2.45) is 0 Å². The van der Waals surface area contributed by atoms with Gasteiger partial charge in [-0.15, -0.1) is 0 Å². The highest BCUT2D eigenvalue weighted by atomic mass is 32.2. The van der Waals surface area contributed by atoms with Crippen LogP contribution in [0.15, 0.2) is 29.2 Å². The highest BCUT2D eigenvalue weighted by Crippen LogP contribution is 2.07. The van der Waals surface area contributed by atoms with Crippen molar-refractivity contribution in [3.8, 4) is 0 Å². The molecular weight excluding hydrogens is 188 g/mol. The second-order valence-corrected chi connectivity index (χ2v) is 3.94. The molecule has 0 spiro atoms. The van der Waals surface area contributed by atoms with Crippen LogP contribution in [-0.4, -0.2) is 28.0 Å². The first-order valence-corrected chi connectivity index (χ1v) is 5.28. The molecule has 0 aliphatic carbocycles. The number of aliphatic hydroxyl groups excluding tert-OH is 1. The molecule has 0 saturated heterocycles. The molecule has 0 aliphatic heterocycles. The van der Waals surface area contributed by atoms with Crippen LogP contribution >= 0.6 is 0 Å². The molecule has 1 rings (SSSR count). The Labute approximate surface area is 78.9 Å². The highest BCUT2D eigenvalue weighted by molar-refractivity contribution is 7.84. The Balaban J connectivity index is 2.93. The van der Waals surface area contributed by atoms with E-state index in [0.717, 1.165) is 0 Å². The fourth-order valence-corrected chi connectivity index (χ4v) is 1.44. The zero-order valence-electron chi connectivity index (χ0n) is 7.19. The van der Waals surface area contributed by atoms with E-state index in [-0.39, 0.29) is 5.78 Å². The molecule has 0 fully saturated rings. The van der Waals surface area contributed by atoms with E-state index in [2.05, 4.69) is 0 Å². The summed E-state index contributed by atoms with van der Waals surface area (Å²) in [5.41, 5.74) is 0.441. The zero-order chi connectivity index (χ0) is 9.84. The summed E-state index contributed by atoms with van der Waals surface area (Å²) in [6.07, 6.45) is 1.57. The van der Waals surface area contributed by atoms with Gasteiger partial charge < -0.3 is 5.11 Å². The van der Waals surface area contributed by atoms with Crippen molar-refractivity contribution < 1.29 is 14.1 Å². The first-order valence-electron chi connectivity index (χ1n) is 3.72. The Bertz CT molecular complexity index is 329. The van der Waals surface area contributed by atoms with Crippen LogP contribution in [-0.2, 0) is 10.8 Å². The summed E-state index contributed by atoms with van der Waals surface area (Å²) in [6.45, 7) is -0.492. The number of carbonyl (C=O) groups is 1. The Morgan fingerprint density at radius 1 is 1.38 bits per heavy atom. The van der Waals surface area contributed by atoms with Gasteiger partial charge in [0.15, 0.2) is 5.78 Å². The Kier molecular flexibility index (Phi) is 3.33. The van der Waals surface area contributed by atoms with Crippen LogP contribution in [0.3, 0.4) is 0 Å². The molecule has 1 unspecified atom stereocenters. The van der Waals surface area contributed by atoms with Gasteiger partial charge in [0.05, 0.1) is 0 Å². The summed E-state index contributed by atoms with van der Waals surface area (Å²) in [5.74, 6) is -0.326. The standard InChI is InChI=1S/C9H10O3S/c1-13(12)8-4-2-7(3-5-8)9(11)6-10/h2-5,10H,6H2,1H3. The van der Waals surface area contributed by atoms with Crippen molar-refractivity contribution in [3.05, 3.63) is 29.8 Å². The molecule has 1 atom stereocenters. The van der Waals surface area contributed by atoms with E-state index in [9.17, 15) is 9.00 Å². The van der Waals surface area contributed by atoms with Gasteiger partial charge in [-0.2, -0.15) is 0 Å². The third kappa shape index (κ3) is 2.47. The van der Waals surface area contributed by atoms with Crippen LogP contribution < -0.4 is 0 Å². The van der Waals surface area contributed by atoms with Gasteiger partial charge in [-0.05, 0) is 12.1 Å². The fourth-order valence-electron chi connectivity index (χ4n) is 0.924. The van der Waals surface area contributed by atoms with E-state index >= 15 is 0 Å². The van der Waals surface area contributed by atoms with Gasteiger partial charge in [-0.3, -0.25) is 9.00 Å². The lowest BCUT2D eigenvalue weighted by Gasteiger charge is -1.98. The quantitative estimate of drug-likeness (QED) is 0.723. The Hall–Kier alpha value is -1.00. The number of Topliss-reactive ketones (excluding diaryl/α,β-unsaturated/α-hetero) is 1. The normalized spacial score (nSPS) is 12.5. The number of hydrogen-bond acceptors (Lipinski definition) is 3. The molecule has 0 heterocycles. The molecule has 0 aliphatic rings. The van der Waals surface area contributed by atoms with Crippen molar-refractivity contribution in [3.63, 3.8) is 0 Å². The van der Waals surface area contributed by atoms with Crippen molar-refractivity contribution in [2.45, 2.75) is 4.90 Å². The lowest BCUT2D eigenvalue weighted by Crippen LogP contribution is -2.04. The largest absolute Gasteiger partial charge is 0.388 e. The number of aliphatic hydroxyl groups is 1. The minimum absolute atomic E-state index is 0.326. The molecule has 0 amide bonds. The number of ketones is 1. The third-order valence-electron chi connectivity index (χ3n) is 1.65. The van der Waals surface area contributed by atoms with Crippen LogP contribution in [0.25, 0.3) is 0 Å². The predicted molar refractivity (Wildman–Crippen MR) is 50.2 cm³/mol. The van der Waals surface area contributed by atoms with Crippen LogP contribution in [0, 0.1) is 0 Å². The lowest BCUT2D eigenvalue weighted by atomic mass is 10.1. The van der Waals surface area contributed by atoms with Crippen molar-refractivity contribution in [2.75, 3.05) is 12.9 Å². The summed E-state index contributed by atoms with van der Waals surface area (Å²) < 4.78 is 11.0. The van der Waals surface area contributed by atoms with E-state index in [1.807, 2.05) is 0 Å². The number of carbonyl (C=O) groups excluding carboxylic acids is 1. The third-order valence-corrected chi connectivity index (χ3v) is 2.59. The predicted octanol–water partition coefficient (Wildman–Crippen LogP) is 0.599. The lowest BCUT2D eigenvalue weighted by molar-refractivity contribution is 0.0903. The second kappa shape index (κ2) is 4.30.